The Morgan fingerprint density at radius 3 is 2.67 bits per heavy atom. The summed E-state index contributed by atoms with van der Waals surface area (Å²) >= 11 is 0. The van der Waals surface area contributed by atoms with Gasteiger partial charge in [-0.15, -0.1) is 0 Å². The first-order chi connectivity index (χ1) is 11.5. The average Bonchev–Trinajstić information content (AvgIpc) is 2.56. The number of aryl methyl sites for hydroxylation is 1. The average molecular weight is 328 g/mol. The SMILES string of the molecule is Cc1ccc(NCC(=O)N/N=C\c2cc([N+](=O)[O-])ccc2O)cc1. The van der Waals surface area contributed by atoms with Gasteiger partial charge in [0.15, 0.2) is 0 Å². The number of aromatic hydroxyl groups is 1. The van der Waals surface area contributed by atoms with E-state index in [1.54, 1.807) is 0 Å². The van der Waals surface area contributed by atoms with Crippen molar-refractivity contribution in [1.82, 2.24) is 5.43 Å². The van der Waals surface area contributed by atoms with Gasteiger partial charge in [-0.2, -0.15) is 5.10 Å². The van der Waals surface area contributed by atoms with Crippen LogP contribution in [0, 0.1) is 17.0 Å². The minimum atomic E-state index is -0.582. The summed E-state index contributed by atoms with van der Waals surface area (Å²) in [6, 6.07) is 11.1. The summed E-state index contributed by atoms with van der Waals surface area (Å²) < 4.78 is 0. The zero-order valence-corrected chi connectivity index (χ0v) is 12.9. The Morgan fingerprint density at radius 2 is 2.00 bits per heavy atom. The zero-order valence-electron chi connectivity index (χ0n) is 12.9. The third kappa shape index (κ3) is 4.80. The molecule has 0 fully saturated rings. The quantitative estimate of drug-likeness (QED) is 0.427. The van der Waals surface area contributed by atoms with E-state index in [2.05, 4.69) is 15.8 Å². The van der Waals surface area contributed by atoms with E-state index in [4.69, 9.17) is 0 Å². The molecule has 2 rings (SSSR count). The molecule has 2 aromatic carbocycles. The molecule has 0 radical (unpaired) electrons. The van der Waals surface area contributed by atoms with Gasteiger partial charge in [0, 0.05) is 23.4 Å². The number of phenolic OH excluding ortho intramolecular Hbond substituents is 1. The summed E-state index contributed by atoms with van der Waals surface area (Å²) in [5.74, 6) is -0.562. The summed E-state index contributed by atoms with van der Waals surface area (Å²) in [5, 5.41) is 26.9. The first-order valence-electron chi connectivity index (χ1n) is 7.05. The van der Waals surface area contributed by atoms with Crippen LogP contribution in [0.4, 0.5) is 11.4 Å². The summed E-state index contributed by atoms with van der Waals surface area (Å²) in [4.78, 5) is 21.8. The van der Waals surface area contributed by atoms with E-state index in [1.165, 1.54) is 12.1 Å². The van der Waals surface area contributed by atoms with Crippen LogP contribution in [0.15, 0.2) is 47.6 Å². The van der Waals surface area contributed by atoms with Crippen molar-refractivity contribution in [3.8, 4) is 5.75 Å². The van der Waals surface area contributed by atoms with Crippen LogP contribution in [0.1, 0.15) is 11.1 Å². The largest absolute Gasteiger partial charge is 0.507 e. The minimum absolute atomic E-state index is 0.0152. The molecule has 0 aliphatic heterocycles. The third-order valence-electron chi connectivity index (χ3n) is 3.12. The molecule has 0 unspecified atom stereocenters. The maximum atomic E-state index is 11.7. The van der Waals surface area contributed by atoms with E-state index in [1.807, 2.05) is 31.2 Å². The highest BCUT2D eigenvalue weighted by molar-refractivity contribution is 5.86. The number of amides is 1. The van der Waals surface area contributed by atoms with Gasteiger partial charge in [0.1, 0.15) is 5.75 Å². The number of carbonyl (C=O) groups is 1. The Morgan fingerprint density at radius 1 is 1.29 bits per heavy atom. The Bertz CT molecular complexity index is 772. The van der Waals surface area contributed by atoms with Gasteiger partial charge in [-0.3, -0.25) is 14.9 Å². The van der Waals surface area contributed by atoms with Gasteiger partial charge in [-0.1, -0.05) is 17.7 Å². The van der Waals surface area contributed by atoms with E-state index in [-0.39, 0.29) is 23.5 Å². The predicted molar refractivity (Wildman–Crippen MR) is 90.2 cm³/mol. The van der Waals surface area contributed by atoms with E-state index < -0.39 is 10.8 Å². The molecule has 0 saturated carbocycles. The fraction of sp³-hybridized carbons (Fsp3) is 0.125. The van der Waals surface area contributed by atoms with Crippen LogP contribution in [0.25, 0.3) is 0 Å². The van der Waals surface area contributed by atoms with Gasteiger partial charge in [0.25, 0.3) is 11.6 Å². The fourth-order valence-electron chi connectivity index (χ4n) is 1.83. The van der Waals surface area contributed by atoms with Crippen molar-refractivity contribution >= 4 is 23.5 Å². The first kappa shape index (κ1) is 16.9. The summed E-state index contributed by atoms with van der Waals surface area (Å²) in [6.07, 6.45) is 1.14. The number of nitrogens with one attached hydrogen (secondary N) is 2. The fourth-order valence-corrected chi connectivity index (χ4v) is 1.83. The molecule has 3 N–H and O–H groups in total. The standard InChI is InChI=1S/C16H16N4O4/c1-11-2-4-13(5-3-11)17-10-16(22)19-18-9-12-8-14(20(23)24)6-7-15(12)21/h2-9,17,21H,10H2,1H3,(H,19,22)/b18-9-. The van der Waals surface area contributed by atoms with Crippen molar-refractivity contribution in [2.24, 2.45) is 5.10 Å². The number of non-ortho nitro benzene ring substituents is 1. The lowest BCUT2D eigenvalue weighted by Crippen LogP contribution is -2.25. The molecule has 8 nitrogen and oxygen atoms in total. The van der Waals surface area contributed by atoms with E-state index in [0.717, 1.165) is 23.5 Å². The lowest BCUT2D eigenvalue weighted by molar-refractivity contribution is -0.384. The second kappa shape index (κ2) is 7.73. The van der Waals surface area contributed by atoms with Crippen LogP contribution in [-0.4, -0.2) is 28.7 Å². The molecule has 0 aromatic heterocycles. The molecule has 2 aromatic rings. The molecule has 1 amide bonds. The van der Waals surface area contributed by atoms with Gasteiger partial charge in [0.2, 0.25) is 0 Å². The molecule has 0 aliphatic carbocycles. The topological polar surface area (TPSA) is 117 Å². The maximum absolute atomic E-state index is 11.7. The lowest BCUT2D eigenvalue weighted by Gasteiger charge is -2.05. The van der Waals surface area contributed by atoms with Crippen molar-refractivity contribution in [2.45, 2.75) is 6.92 Å². The van der Waals surface area contributed by atoms with Crippen LogP contribution in [0.2, 0.25) is 0 Å². The minimum Gasteiger partial charge on any atom is -0.507 e. The molecule has 0 bridgehead atoms. The highest BCUT2D eigenvalue weighted by Crippen LogP contribution is 2.21. The number of phenols is 1. The highest BCUT2D eigenvalue weighted by Gasteiger charge is 2.08. The van der Waals surface area contributed by atoms with E-state index in [0.29, 0.717) is 0 Å². The number of hydrazone groups is 1. The molecule has 0 atom stereocenters. The van der Waals surface area contributed by atoms with Crippen LogP contribution in [-0.2, 0) is 4.79 Å². The number of nitro benzene ring substituents is 1. The maximum Gasteiger partial charge on any atom is 0.270 e. The Balaban J connectivity index is 1.89. The van der Waals surface area contributed by atoms with Crippen LogP contribution in [0.5, 0.6) is 5.75 Å². The van der Waals surface area contributed by atoms with Crippen molar-refractivity contribution in [3.63, 3.8) is 0 Å². The van der Waals surface area contributed by atoms with Gasteiger partial charge < -0.3 is 10.4 Å². The second-order valence-electron chi connectivity index (χ2n) is 5.01. The number of benzene rings is 2. The number of carbonyl (C=O) groups excluding carboxylic acids is 1. The molecular weight excluding hydrogens is 312 g/mol. The van der Waals surface area contributed by atoms with Crippen LogP contribution in [0.3, 0.4) is 0 Å². The molecule has 0 aliphatic rings. The number of nitrogens with zero attached hydrogens (tertiary/aromatic N) is 2. The molecular formula is C16H16N4O4. The molecule has 0 heterocycles. The smallest absolute Gasteiger partial charge is 0.270 e. The van der Waals surface area contributed by atoms with Crippen molar-refractivity contribution in [1.29, 1.82) is 0 Å². The molecule has 0 spiro atoms. The predicted octanol–water partition coefficient (Wildman–Crippen LogP) is 2.17. The Labute approximate surface area is 138 Å². The van der Waals surface area contributed by atoms with Crippen molar-refractivity contribution < 1.29 is 14.8 Å². The molecule has 8 heteroatoms. The van der Waals surface area contributed by atoms with E-state index >= 15 is 0 Å². The Kier molecular flexibility index (Phi) is 5.45. The summed E-state index contributed by atoms with van der Waals surface area (Å²) in [7, 11) is 0. The third-order valence-corrected chi connectivity index (χ3v) is 3.12. The van der Waals surface area contributed by atoms with Gasteiger partial charge >= 0.3 is 0 Å². The first-order valence-corrected chi connectivity index (χ1v) is 7.05. The van der Waals surface area contributed by atoms with Gasteiger partial charge in [-0.25, -0.2) is 5.43 Å². The van der Waals surface area contributed by atoms with Crippen LogP contribution >= 0.6 is 0 Å². The second-order valence-corrected chi connectivity index (χ2v) is 5.01. The molecule has 24 heavy (non-hydrogen) atoms. The Hall–Kier alpha value is -3.42. The summed E-state index contributed by atoms with van der Waals surface area (Å²) in [6.45, 7) is 1.98. The van der Waals surface area contributed by atoms with Gasteiger partial charge in [-0.05, 0) is 25.1 Å². The van der Waals surface area contributed by atoms with Gasteiger partial charge in [0.05, 0.1) is 17.7 Å². The lowest BCUT2D eigenvalue weighted by atomic mass is 10.2. The zero-order chi connectivity index (χ0) is 17.5. The number of nitro groups is 1. The van der Waals surface area contributed by atoms with Crippen LogP contribution < -0.4 is 10.7 Å². The van der Waals surface area contributed by atoms with Crippen molar-refractivity contribution in [3.05, 3.63) is 63.7 Å². The van der Waals surface area contributed by atoms with E-state index in [9.17, 15) is 20.0 Å². The number of hydrogen-bond acceptors (Lipinski definition) is 6. The number of anilines is 1. The monoisotopic (exact) mass is 328 g/mol. The number of hydrogen-bond donors (Lipinski definition) is 3. The molecule has 0 saturated heterocycles. The highest BCUT2D eigenvalue weighted by atomic mass is 16.6. The van der Waals surface area contributed by atoms with Crippen molar-refractivity contribution in [2.75, 3.05) is 11.9 Å². The normalized spacial score (nSPS) is 10.5. The molecule has 124 valence electrons. The summed E-state index contributed by atoms with van der Waals surface area (Å²) in [5.41, 5.74) is 4.15. The number of rotatable bonds is 6.